The molecule has 0 aliphatic rings. The fourth-order valence-corrected chi connectivity index (χ4v) is 3.31. The van der Waals surface area contributed by atoms with Gasteiger partial charge >= 0.3 is 0 Å². The second kappa shape index (κ2) is 7.59. The number of benzene rings is 2. The molecular formula is C18H13IN2O2S. The highest BCUT2D eigenvalue weighted by Crippen LogP contribution is 2.20. The van der Waals surface area contributed by atoms with Gasteiger partial charge < -0.3 is 10.6 Å². The number of amides is 2. The predicted molar refractivity (Wildman–Crippen MR) is 106 cm³/mol. The molecule has 0 atom stereocenters. The lowest BCUT2D eigenvalue weighted by Gasteiger charge is -2.11. The van der Waals surface area contributed by atoms with E-state index in [1.165, 1.54) is 11.3 Å². The predicted octanol–water partition coefficient (Wildman–Crippen LogP) is 4.86. The Kier molecular flexibility index (Phi) is 5.27. The van der Waals surface area contributed by atoms with Crippen LogP contribution in [0.3, 0.4) is 0 Å². The van der Waals surface area contributed by atoms with Crippen LogP contribution < -0.4 is 10.6 Å². The van der Waals surface area contributed by atoms with Crippen molar-refractivity contribution in [2.75, 3.05) is 10.6 Å². The molecule has 2 aromatic carbocycles. The van der Waals surface area contributed by atoms with Crippen molar-refractivity contribution in [1.29, 1.82) is 0 Å². The van der Waals surface area contributed by atoms with Gasteiger partial charge in [-0.15, -0.1) is 11.3 Å². The van der Waals surface area contributed by atoms with E-state index in [0.717, 1.165) is 3.57 Å². The number of hydrogen-bond donors (Lipinski definition) is 2. The topological polar surface area (TPSA) is 58.2 Å². The fourth-order valence-electron chi connectivity index (χ4n) is 2.15. The highest BCUT2D eigenvalue weighted by Gasteiger charge is 2.14. The van der Waals surface area contributed by atoms with Crippen molar-refractivity contribution >= 4 is 57.1 Å². The molecule has 0 radical (unpaired) electrons. The Bertz CT molecular complexity index is 878. The number of thiophene rings is 1. The minimum absolute atomic E-state index is 0.223. The van der Waals surface area contributed by atoms with Gasteiger partial charge in [0.2, 0.25) is 0 Å². The van der Waals surface area contributed by atoms with Gasteiger partial charge in [0, 0.05) is 9.26 Å². The summed E-state index contributed by atoms with van der Waals surface area (Å²) in [6, 6.07) is 18.1. The second-order valence-corrected chi connectivity index (χ2v) is 7.13. The van der Waals surface area contributed by atoms with E-state index in [1.807, 2.05) is 35.7 Å². The van der Waals surface area contributed by atoms with Crippen LogP contribution in [0.2, 0.25) is 0 Å². The van der Waals surface area contributed by atoms with Crippen LogP contribution in [0.5, 0.6) is 0 Å². The second-order valence-electron chi connectivity index (χ2n) is 4.94. The Balaban J connectivity index is 1.80. The van der Waals surface area contributed by atoms with Gasteiger partial charge in [0.05, 0.1) is 16.1 Å². The molecule has 0 fully saturated rings. The standard InChI is InChI=1S/C18H13IN2O2S/c19-12-5-3-6-13(11-12)20-17(22)14-7-1-2-8-15(14)21-18(23)16-9-4-10-24-16/h1-11H,(H,20,22)(H,21,23). The van der Waals surface area contributed by atoms with Crippen molar-refractivity contribution in [3.63, 3.8) is 0 Å². The minimum atomic E-state index is -0.265. The van der Waals surface area contributed by atoms with Crippen molar-refractivity contribution in [3.05, 3.63) is 80.1 Å². The molecule has 0 spiro atoms. The van der Waals surface area contributed by atoms with Gasteiger partial charge in [-0.1, -0.05) is 24.3 Å². The molecule has 0 aliphatic heterocycles. The van der Waals surface area contributed by atoms with E-state index in [0.29, 0.717) is 21.8 Å². The number of hydrogen-bond acceptors (Lipinski definition) is 3. The van der Waals surface area contributed by atoms with Crippen LogP contribution in [0.25, 0.3) is 0 Å². The molecule has 3 aromatic rings. The minimum Gasteiger partial charge on any atom is -0.322 e. The first kappa shape index (κ1) is 16.7. The van der Waals surface area contributed by atoms with E-state index in [1.54, 1.807) is 30.3 Å². The molecule has 0 bridgehead atoms. The summed E-state index contributed by atoms with van der Waals surface area (Å²) >= 11 is 3.54. The average Bonchev–Trinajstić information content (AvgIpc) is 3.10. The lowest BCUT2D eigenvalue weighted by Crippen LogP contribution is -2.17. The number of carbonyl (C=O) groups excluding carboxylic acids is 2. The Hall–Kier alpha value is -2.19. The Labute approximate surface area is 157 Å². The maximum absolute atomic E-state index is 12.6. The molecule has 6 heteroatoms. The number of carbonyl (C=O) groups is 2. The van der Waals surface area contributed by atoms with Crippen molar-refractivity contribution in [3.8, 4) is 0 Å². The van der Waals surface area contributed by atoms with Crippen molar-refractivity contribution in [2.24, 2.45) is 0 Å². The smallest absolute Gasteiger partial charge is 0.265 e. The number of halogens is 1. The third-order valence-electron chi connectivity index (χ3n) is 3.25. The van der Waals surface area contributed by atoms with Crippen LogP contribution in [0.15, 0.2) is 66.0 Å². The van der Waals surface area contributed by atoms with E-state index in [9.17, 15) is 9.59 Å². The average molecular weight is 448 g/mol. The molecule has 2 N–H and O–H groups in total. The maximum atomic E-state index is 12.6. The Morgan fingerprint density at radius 1 is 0.875 bits per heavy atom. The third kappa shape index (κ3) is 4.01. The Morgan fingerprint density at radius 2 is 1.71 bits per heavy atom. The summed E-state index contributed by atoms with van der Waals surface area (Å²) in [5.41, 5.74) is 1.62. The van der Waals surface area contributed by atoms with Gasteiger partial charge in [-0.25, -0.2) is 0 Å². The first-order chi connectivity index (χ1) is 11.6. The van der Waals surface area contributed by atoms with Crippen LogP contribution in [0.4, 0.5) is 11.4 Å². The lowest BCUT2D eigenvalue weighted by molar-refractivity contribution is 0.102. The molecule has 0 saturated heterocycles. The SMILES string of the molecule is O=C(Nc1ccccc1C(=O)Nc1cccc(I)c1)c1cccs1. The van der Waals surface area contributed by atoms with Crippen LogP contribution >= 0.6 is 33.9 Å². The number of anilines is 2. The fraction of sp³-hybridized carbons (Fsp3) is 0. The first-order valence-electron chi connectivity index (χ1n) is 7.14. The van der Waals surface area contributed by atoms with Gasteiger partial charge in [0.15, 0.2) is 0 Å². The lowest BCUT2D eigenvalue weighted by atomic mass is 10.1. The molecular weight excluding hydrogens is 435 g/mol. The zero-order valence-corrected chi connectivity index (χ0v) is 15.4. The number of para-hydroxylation sites is 1. The normalized spacial score (nSPS) is 10.2. The largest absolute Gasteiger partial charge is 0.322 e. The van der Waals surface area contributed by atoms with Crippen molar-refractivity contribution < 1.29 is 9.59 Å². The summed E-state index contributed by atoms with van der Waals surface area (Å²) in [6.07, 6.45) is 0. The quantitative estimate of drug-likeness (QED) is 0.561. The number of nitrogens with one attached hydrogen (secondary N) is 2. The zero-order valence-electron chi connectivity index (χ0n) is 12.5. The third-order valence-corrected chi connectivity index (χ3v) is 4.79. The van der Waals surface area contributed by atoms with E-state index in [2.05, 4.69) is 33.2 Å². The number of rotatable bonds is 4. The van der Waals surface area contributed by atoms with Crippen LogP contribution in [-0.4, -0.2) is 11.8 Å². The van der Waals surface area contributed by atoms with Crippen LogP contribution in [0.1, 0.15) is 20.0 Å². The highest BCUT2D eigenvalue weighted by atomic mass is 127. The molecule has 24 heavy (non-hydrogen) atoms. The van der Waals surface area contributed by atoms with Gasteiger partial charge in [-0.05, 0) is 64.4 Å². The summed E-state index contributed by atoms with van der Waals surface area (Å²) in [4.78, 5) is 25.4. The molecule has 2 amide bonds. The summed E-state index contributed by atoms with van der Waals surface area (Å²) in [7, 11) is 0. The summed E-state index contributed by atoms with van der Waals surface area (Å²) in [5, 5.41) is 7.49. The first-order valence-corrected chi connectivity index (χ1v) is 9.10. The molecule has 3 rings (SSSR count). The van der Waals surface area contributed by atoms with E-state index in [4.69, 9.17) is 0 Å². The molecule has 1 heterocycles. The van der Waals surface area contributed by atoms with Crippen LogP contribution in [-0.2, 0) is 0 Å². The van der Waals surface area contributed by atoms with Crippen LogP contribution in [0, 0.1) is 3.57 Å². The van der Waals surface area contributed by atoms with E-state index < -0.39 is 0 Å². The molecule has 120 valence electrons. The van der Waals surface area contributed by atoms with Gasteiger partial charge in [-0.2, -0.15) is 0 Å². The van der Waals surface area contributed by atoms with Gasteiger partial charge in [-0.3, -0.25) is 9.59 Å². The molecule has 1 aromatic heterocycles. The summed E-state index contributed by atoms with van der Waals surface area (Å²) < 4.78 is 1.03. The van der Waals surface area contributed by atoms with E-state index >= 15 is 0 Å². The Morgan fingerprint density at radius 3 is 2.46 bits per heavy atom. The van der Waals surface area contributed by atoms with Gasteiger partial charge in [0.1, 0.15) is 0 Å². The van der Waals surface area contributed by atoms with Crippen molar-refractivity contribution in [1.82, 2.24) is 0 Å². The van der Waals surface area contributed by atoms with Gasteiger partial charge in [0.25, 0.3) is 11.8 Å². The summed E-state index contributed by atoms with van der Waals surface area (Å²) in [6.45, 7) is 0. The zero-order chi connectivity index (χ0) is 16.9. The molecule has 4 nitrogen and oxygen atoms in total. The van der Waals surface area contributed by atoms with Crippen molar-refractivity contribution in [2.45, 2.75) is 0 Å². The molecule has 0 unspecified atom stereocenters. The maximum Gasteiger partial charge on any atom is 0.265 e. The highest BCUT2D eigenvalue weighted by molar-refractivity contribution is 14.1. The summed E-state index contributed by atoms with van der Waals surface area (Å²) in [5.74, 6) is -0.487. The molecule has 0 aliphatic carbocycles. The van der Waals surface area contributed by atoms with E-state index in [-0.39, 0.29) is 11.8 Å². The molecule has 0 saturated carbocycles. The monoisotopic (exact) mass is 448 g/mol.